The van der Waals surface area contributed by atoms with E-state index in [1.807, 2.05) is 12.1 Å². The van der Waals surface area contributed by atoms with Crippen LogP contribution in [0.5, 0.6) is 0 Å². The lowest BCUT2D eigenvalue weighted by Crippen LogP contribution is -2.37. The van der Waals surface area contributed by atoms with Crippen molar-refractivity contribution in [3.8, 4) is 0 Å². The van der Waals surface area contributed by atoms with Crippen LogP contribution in [0.3, 0.4) is 0 Å². The van der Waals surface area contributed by atoms with E-state index in [1.165, 1.54) is 18.4 Å². The smallest absolute Gasteiger partial charge is 0.408 e. The molecule has 2 aliphatic rings. The van der Waals surface area contributed by atoms with Crippen LogP contribution in [-0.2, 0) is 7.05 Å². The number of hydrogen-bond donors (Lipinski definition) is 0. The minimum Gasteiger partial charge on any atom is -0.408 e. The van der Waals surface area contributed by atoms with Crippen molar-refractivity contribution in [1.29, 1.82) is 0 Å². The van der Waals surface area contributed by atoms with Crippen molar-refractivity contribution < 1.29 is 4.42 Å². The third-order valence-corrected chi connectivity index (χ3v) is 4.96. The summed E-state index contributed by atoms with van der Waals surface area (Å²) in [5.41, 5.74) is 2.78. The second-order valence-electron chi connectivity index (χ2n) is 5.94. The normalized spacial score (nSPS) is 29.4. The topological polar surface area (TPSA) is 38.4 Å². The molecule has 2 aliphatic heterocycles. The summed E-state index contributed by atoms with van der Waals surface area (Å²) in [4.78, 5) is 14.0. The molecule has 1 aromatic carbocycles. The Morgan fingerprint density at radius 1 is 1.20 bits per heavy atom. The summed E-state index contributed by atoms with van der Waals surface area (Å²) in [5.74, 6) is 0.100. The van der Waals surface area contributed by atoms with Gasteiger partial charge in [0.05, 0.1) is 5.52 Å². The summed E-state index contributed by atoms with van der Waals surface area (Å²) in [5, 5.41) is 0. The van der Waals surface area contributed by atoms with Gasteiger partial charge in [0.1, 0.15) is 0 Å². The maximum atomic E-state index is 11.6. The monoisotopic (exact) mass is 270 g/mol. The second-order valence-corrected chi connectivity index (χ2v) is 5.94. The summed E-state index contributed by atoms with van der Waals surface area (Å²) in [7, 11) is 3.95. The Labute approximate surface area is 117 Å². The van der Waals surface area contributed by atoms with Crippen LogP contribution < -0.4 is 5.76 Å². The van der Waals surface area contributed by atoms with Gasteiger partial charge in [-0.15, -0.1) is 0 Å². The van der Waals surface area contributed by atoms with Crippen molar-refractivity contribution in [2.24, 2.45) is 7.05 Å². The Bertz CT molecular complexity index is 755. The average Bonchev–Trinajstić information content (AvgIpc) is 2.84. The summed E-state index contributed by atoms with van der Waals surface area (Å²) in [6.07, 6.45) is 7.12. The molecule has 0 amide bonds. The third kappa shape index (κ3) is 1.54. The van der Waals surface area contributed by atoms with Gasteiger partial charge in [-0.05, 0) is 37.6 Å². The molecule has 104 valence electrons. The highest BCUT2D eigenvalue weighted by molar-refractivity contribution is 5.74. The van der Waals surface area contributed by atoms with E-state index in [4.69, 9.17) is 4.42 Å². The summed E-state index contributed by atoms with van der Waals surface area (Å²) >= 11 is 0. The number of oxazole rings is 1. The van der Waals surface area contributed by atoms with Crippen molar-refractivity contribution in [3.63, 3.8) is 0 Å². The number of rotatable bonds is 1. The number of aryl methyl sites for hydroxylation is 1. The van der Waals surface area contributed by atoms with E-state index in [0.29, 0.717) is 23.6 Å². The molecule has 0 radical (unpaired) electrons. The van der Waals surface area contributed by atoms with Crippen molar-refractivity contribution >= 4 is 11.1 Å². The first kappa shape index (κ1) is 12.0. The standard InChI is InChI=1S/C16H18N2O2/c1-17-11-4-6-12(13(17)8-5-11)10-3-7-14-15(9-10)20-16(19)18(14)2/h3-4,6-7,9,11-13H,5,8H2,1-2H3. The fourth-order valence-electron chi connectivity index (χ4n) is 3.73. The maximum Gasteiger partial charge on any atom is 0.419 e. The molecule has 4 nitrogen and oxygen atoms in total. The van der Waals surface area contributed by atoms with Gasteiger partial charge < -0.3 is 4.42 Å². The zero-order valence-electron chi connectivity index (χ0n) is 11.7. The molecule has 0 saturated carbocycles. The molecule has 0 N–H and O–H groups in total. The Hall–Kier alpha value is -1.81. The Morgan fingerprint density at radius 2 is 2.05 bits per heavy atom. The minimum absolute atomic E-state index is 0.297. The zero-order chi connectivity index (χ0) is 13.9. The number of benzene rings is 1. The van der Waals surface area contributed by atoms with Gasteiger partial charge >= 0.3 is 5.76 Å². The van der Waals surface area contributed by atoms with Crippen molar-refractivity contribution in [2.75, 3.05) is 7.05 Å². The van der Waals surface area contributed by atoms with E-state index in [2.05, 4.69) is 30.2 Å². The number of likely N-dealkylation sites (N-methyl/N-ethyl adjacent to an activating group) is 1. The van der Waals surface area contributed by atoms with Gasteiger partial charge in [0.2, 0.25) is 0 Å². The quantitative estimate of drug-likeness (QED) is 0.746. The van der Waals surface area contributed by atoms with Crippen LogP contribution in [0, 0.1) is 0 Å². The summed E-state index contributed by atoms with van der Waals surface area (Å²) in [6.45, 7) is 0. The van der Waals surface area contributed by atoms with Crippen molar-refractivity contribution in [3.05, 3.63) is 46.5 Å². The molecule has 0 aliphatic carbocycles. The predicted octanol–water partition coefficient (Wildman–Crippen LogP) is 2.25. The van der Waals surface area contributed by atoms with Crippen LogP contribution in [0.1, 0.15) is 24.3 Å². The van der Waals surface area contributed by atoms with Gasteiger partial charge in [0.25, 0.3) is 0 Å². The van der Waals surface area contributed by atoms with E-state index in [-0.39, 0.29) is 5.76 Å². The van der Waals surface area contributed by atoms with E-state index >= 15 is 0 Å². The van der Waals surface area contributed by atoms with Crippen molar-refractivity contribution in [2.45, 2.75) is 30.8 Å². The largest absolute Gasteiger partial charge is 0.419 e. The first-order valence-electron chi connectivity index (χ1n) is 7.15. The molecule has 1 fully saturated rings. The van der Waals surface area contributed by atoms with Crippen LogP contribution in [0.25, 0.3) is 11.1 Å². The lowest BCUT2D eigenvalue weighted by molar-refractivity contribution is 0.241. The Morgan fingerprint density at radius 3 is 2.90 bits per heavy atom. The SMILES string of the molecule is CN1C2C=CC(c3ccc4c(c3)oc(=O)n4C)C1CC2. The van der Waals surface area contributed by atoms with E-state index < -0.39 is 0 Å². The fourth-order valence-corrected chi connectivity index (χ4v) is 3.73. The molecule has 3 unspecified atom stereocenters. The maximum absolute atomic E-state index is 11.6. The van der Waals surface area contributed by atoms with Gasteiger partial charge in [-0.2, -0.15) is 0 Å². The van der Waals surface area contributed by atoms with E-state index in [1.54, 1.807) is 11.6 Å². The molecule has 3 atom stereocenters. The molecule has 2 bridgehead atoms. The average molecular weight is 270 g/mol. The highest BCUT2D eigenvalue weighted by atomic mass is 16.4. The molecule has 20 heavy (non-hydrogen) atoms. The Balaban J connectivity index is 1.81. The Kier molecular flexibility index (Phi) is 2.45. The van der Waals surface area contributed by atoms with Gasteiger partial charge in [0.15, 0.2) is 5.58 Å². The van der Waals surface area contributed by atoms with Crippen LogP contribution in [0.15, 0.2) is 39.6 Å². The number of fused-ring (bicyclic) bond motifs is 3. The van der Waals surface area contributed by atoms with Crippen molar-refractivity contribution in [1.82, 2.24) is 9.47 Å². The molecule has 3 heterocycles. The predicted molar refractivity (Wildman–Crippen MR) is 77.9 cm³/mol. The molecular formula is C16H18N2O2. The van der Waals surface area contributed by atoms with Gasteiger partial charge in [0, 0.05) is 25.0 Å². The highest BCUT2D eigenvalue weighted by Crippen LogP contribution is 2.39. The lowest BCUT2D eigenvalue weighted by atomic mass is 9.89. The van der Waals surface area contributed by atoms with Crippen LogP contribution in [0.2, 0.25) is 0 Å². The second kappa shape index (κ2) is 4.09. The van der Waals surface area contributed by atoms with E-state index in [9.17, 15) is 4.79 Å². The van der Waals surface area contributed by atoms with Gasteiger partial charge in [-0.25, -0.2) is 4.79 Å². The number of hydrogen-bond acceptors (Lipinski definition) is 3. The summed E-state index contributed by atoms with van der Waals surface area (Å²) in [6, 6.07) is 7.31. The molecule has 4 rings (SSSR count). The van der Waals surface area contributed by atoms with Crippen LogP contribution in [-0.4, -0.2) is 28.6 Å². The molecule has 1 aromatic heterocycles. The van der Waals surface area contributed by atoms with Gasteiger partial charge in [-0.1, -0.05) is 18.2 Å². The zero-order valence-corrected chi connectivity index (χ0v) is 11.7. The molecule has 1 saturated heterocycles. The minimum atomic E-state index is -0.297. The van der Waals surface area contributed by atoms with E-state index in [0.717, 1.165) is 5.52 Å². The van der Waals surface area contributed by atoms with Gasteiger partial charge in [-0.3, -0.25) is 9.47 Å². The summed E-state index contributed by atoms with van der Waals surface area (Å²) < 4.78 is 6.86. The highest BCUT2D eigenvalue weighted by Gasteiger charge is 2.37. The molecule has 2 aromatic rings. The number of aromatic nitrogens is 1. The van der Waals surface area contributed by atoms with Crippen LogP contribution >= 0.6 is 0 Å². The number of nitrogens with zero attached hydrogens (tertiary/aromatic N) is 2. The molecular weight excluding hydrogens is 252 g/mol. The van der Waals surface area contributed by atoms with Crippen LogP contribution in [0.4, 0.5) is 0 Å². The third-order valence-electron chi connectivity index (χ3n) is 4.96. The first-order valence-corrected chi connectivity index (χ1v) is 7.15. The molecule has 0 spiro atoms. The molecule has 4 heteroatoms. The fraction of sp³-hybridized carbons (Fsp3) is 0.438. The first-order chi connectivity index (χ1) is 9.65. The lowest BCUT2D eigenvalue weighted by Gasteiger charge is -2.33.